The van der Waals surface area contributed by atoms with Crippen LogP contribution >= 0.6 is 0 Å². The number of nitrogens with zero attached hydrogens (tertiary/aromatic N) is 3. The molecule has 12 heteroatoms. The van der Waals surface area contributed by atoms with Crippen LogP contribution in [0.15, 0.2) is 12.4 Å². The summed E-state index contributed by atoms with van der Waals surface area (Å²) >= 11 is 0. The van der Waals surface area contributed by atoms with Gasteiger partial charge in [0.1, 0.15) is 6.10 Å². The molecule has 1 aliphatic heterocycles. The first-order valence-electron chi connectivity index (χ1n) is 12.2. The van der Waals surface area contributed by atoms with Crippen molar-refractivity contribution in [1.29, 1.82) is 0 Å². The molecule has 1 saturated heterocycles. The van der Waals surface area contributed by atoms with Crippen molar-refractivity contribution in [3.63, 3.8) is 0 Å². The molecule has 3 heterocycles. The van der Waals surface area contributed by atoms with Gasteiger partial charge in [-0.2, -0.15) is 13.1 Å². The summed E-state index contributed by atoms with van der Waals surface area (Å²) in [5, 5.41) is 4.09. The van der Waals surface area contributed by atoms with Crippen LogP contribution in [0, 0.1) is 0 Å². The maximum atomic E-state index is 11.9. The van der Waals surface area contributed by atoms with Crippen molar-refractivity contribution in [2.24, 2.45) is 0 Å². The second kappa shape index (κ2) is 11.7. The lowest BCUT2D eigenvalue weighted by Crippen LogP contribution is -2.42. The van der Waals surface area contributed by atoms with Crippen molar-refractivity contribution in [3.8, 4) is 5.88 Å². The molecule has 0 aromatic carbocycles. The van der Waals surface area contributed by atoms with Gasteiger partial charge < -0.3 is 19.5 Å². The topological polar surface area (TPSA) is 137 Å². The van der Waals surface area contributed by atoms with Crippen molar-refractivity contribution in [2.75, 3.05) is 39.3 Å². The maximum absolute atomic E-state index is 11.9. The zero-order chi connectivity index (χ0) is 24.8. The van der Waals surface area contributed by atoms with Gasteiger partial charge in [-0.25, -0.2) is 19.7 Å². The minimum atomic E-state index is -3.45. The third kappa shape index (κ3) is 6.76. The SMILES string of the molecule is CNS(=O)(=O)NC1CCC(c2cnc(OC3CCOCC3)c3cnc(N[C@@H](C)COC)nc23)CC1. The number of ether oxygens (including phenoxy) is 3. The molecule has 0 radical (unpaired) electrons. The highest BCUT2D eigenvalue weighted by Gasteiger charge is 2.28. The lowest BCUT2D eigenvalue weighted by molar-refractivity contribution is 0.0244. The van der Waals surface area contributed by atoms with E-state index in [2.05, 4.69) is 24.7 Å². The van der Waals surface area contributed by atoms with Gasteiger partial charge in [-0.3, -0.25) is 0 Å². The molecular weight excluding hydrogens is 472 g/mol. The average Bonchev–Trinajstić information content (AvgIpc) is 2.85. The predicted octanol–water partition coefficient (Wildman–Crippen LogP) is 2.11. The second-order valence-corrected chi connectivity index (χ2v) is 10.9. The molecule has 0 bridgehead atoms. The smallest absolute Gasteiger partial charge is 0.276 e. The summed E-state index contributed by atoms with van der Waals surface area (Å²) in [5.74, 6) is 1.29. The molecule has 11 nitrogen and oxygen atoms in total. The van der Waals surface area contributed by atoms with E-state index < -0.39 is 10.2 Å². The molecule has 0 amide bonds. The number of methoxy groups -OCH3 is 1. The van der Waals surface area contributed by atoms with E-state index >= 15 is 0 Å². The van der Waals surface area contributed by atoms with Crippen LogP contribution in [0.1, 0.15) is 56.9 Å². The molecular formula is C23H36N6O5S. The second-order valence-electron chi connectivity index (χ2n) is 9.28. The zero-order valence-electron chi connectivity index (χ0n) is 20.6. The fourth-order valence-corrected chi connectivity index (χ4v) is 5.54. The molecule has 2 aromatic rings. The Kier molecular flexibility index (Phi) is 8.71. The molecule has 0 spiro atoms. The van der Waals surface area contributed by atoms with Gasteiger partial charge in [0.15, 0.2) is 0 Å². The van der Waals surface area contributed by atoms with Gasteiger partial charge in [-0.1, -0.05) is 0 Å². The van der Waals surface area contributed by atoms with Crippen molar-refractivity contribution in [2.45, 2.75) is 69.6 Å². The Morgan fingerprint density at radius 2 is 1.86 bits per heavy atom. The molecule has 1 aliphatic carbocycles. The monoisotopic (exact) mass is 508 g/mol. The van der Waals surface area contributed by atoms with E-state index in [1.165, 1.54) is 7.05 Å². The Bertz CT molecular complexity index is 1090. The third-order valence-electron chi connectivity index (χ3n) is 6.61. The van der Waals surface area contributed by atoms with E-state index in [-0.39, 0.29) is 24.1 Å². The quantitative estimate of drug-likeness (QED) is 0.441. The van der Waals surface area contributed by atoms with Gasteiger partial charge in [0, 0.05) is 57.0 Å². The fourth-order valence-electron chi connectivity index (χ4n) is 4.74. The highest BCUT2D eigenvalue weighted by molar-refractivity contribution is 7.87. The molecule has 4 rings (SSSR count). The van der Waals surface area contributed by atoms with Gasteiger partial charge in [-0.15, -0.1) is 0 Å². The summed E-state index contributed by atoms with van der Waals surface area (Å²) < 4.78 is 45.7. The van der Waals surface area contributed by atoms with E-state index in [1.807, 2.05) is 13.1 Å². The van der Waals surface area contributed by atoms with Crippen LogP contribution in [0.25, 0.3) is 10.9 Å². The number of hydrogen-bond donors (Lipinski definition) is 3. The number of anilines is 1. The molecule has 1 saturated carbocycles. The summed E-state index contributed by atoms with van der Waals surface area (Å²) in [6.07, 6.45) is 8.51. The van der Waals surface area contributed by atoms with Crippen LogP contribution in [0.4, 0.5) is 5.95 Å². The Morgan fingerprint density at radius 1 is 1.11 bits per heavy atom. The Hall–Kier alpha value is -2.12. The highest BCUT2D eigenvalue weighted by atomic mass is 32.2. The Morgan fingerprint density at radius 3 is 2.54 bits per heavy atom. The molecule has 2 aliphatic rings. The summed E-state index contributed by atoms with van der Waals surface area (Å²) in [7, 11) is -0.381. The van der Waals surface area contributed by atoms with E-state index in [4.69, 9.17) is 19.2 Å². The first-order chi connectivity index (χ1) is 16.9. The largest absolute Gasteiger partial charge is 0.474 e. The van der Waals surface area contributed by atoms with E-state index in [0.29, 0.717) is 31.6 Å². The van der Waals surface area contributed by atoms with Crippen molar-refractivity contribution in [3.05, 3.63) is 18.0 Å². The van der Waals surface area contributed by atoms with Crippen LogP contribution in [-0.4, -0.2) is 75.5 Å². The first kappa shape index (κ1) is 26.0. The van der Waals surface area contributed by atoms with E-state index in [0.717, 1.165) is 55.0 Å². The van der Waals surface area contributed by atoms with Crippen molar-refractivity contribution >= 4 is 27.1 Å². The first-order valence-corrected chi connectivity index (χ1v) is 13.7. The third-order valence-corrected chi connectivity index (χ3v) is 7.79. The van der Waals surface area contributed by atoms with Gasteiger partial charge >= 0.3 is 0 Å². The molecule has 3 N–H and O–H groups in total. The summed E-state index contributed by atoms with van der Waals surface area (Å²) in [6, 6.07) is -0.0304. The number of nitrogens with one attached hydrogen (secondary N) is 3. The van der Waals surface area contributed by atoms with Gasteiger partial charge in [0.05, 0.1) is 30.7 Å². The Balaban J connectivity index is 1.59. The molecule has 2 aromatic heterocycles. The van der Waals surface area contributed by atoms with Crippen LogP contribution in [0.3, 0.4) is 0 Å². The van der Waals surface area contributed by atoms with Gasteiger partial charge in [0.2, 0.25) is 11.8 Å². The zero-order valence-corrected chi connectivity index (χ0v) is 21.4. The van der Waals surface area contributed by atoms with Crippen LogP contribution in [-0.2, 0) is 19.7 Å². The molecule has 0 unspecified atom stereocenters. The number of pyridine rings is 1. The lowest BCUT2D eigenvalue weighted by atomic mass is 9.82. The van der Waals surface area contributed by atoms with Crippen LogP contribution in [0.2, 0.25) is 0 Å². The minimum absolute atomic E-state index is 0.0522. The summed E-state index contributed by atoms with van der Waals surface area (Å²) in [4.78, 5) is 14.1. The summed E-state index contributed by atoms with van der Waals surface area (Å²) in [6.45, 7) is 3.92. The number of aromatic nitrogens is 3. The minimum Gasteiger partial charge on any atom is -0.474 e. The van der Waals surface area contributed by atoms with Crippen molar-refractivity contribution < 1.29 is 22.6 Å². The van der Waals surface area contributed by atoms with Crippen molar-refractivity contribution in [1.82, 2.24) is 24.4 Å². The van der Waals surface area contributed by atoms with E-state index in [1.54, 1.807) is 13.3 Å². The average molecular weight is 509 g/mol. The number of rotatable bonds is 10. The number of hydrogen-bond acceptors (Lipinski definition) is 9. The van der Waals surface area contributed by atoms with Crippen LogP contribution < -0.4 is 19.5 Å². The van der Waals surface area contributed by atoms with Gasteiger partial charge in [-0.05, 0) is 38.5 Å². The molecule has 2 fully saturated rings. The maximum Gasteiger partial charge on any atom is 0.276 e. The van der Waals surface area contributed by atoms with Crippen LogP contribution in [0.5, 0.6) is 5.88 Å². The highest BCUT2D eigenvalue weighted by Crippen LogP contribution is 2.38. The fraction of sp³-hybridized carbons (Fsp3) is 0.696. The number of fused-ring (bicyclic) bond motifs is 1. The Labute approximate surface area is 206 Å². The molecule has 194 valence electrons. The predicted molar refractivity (Wildman–Crippen MR) is 133 cm³/mol. The lowest BCUT2D eigenvalue weighted by Gasteiger charge is -2.29. The standard InChI is InChI=1S/C23H36N6O5S/c1-15(14-32-3)27-23-26-13-20-21(28-23)19(12-25-22(20)34-18-8-10-33-11-9-18)16-4-6-17(7-5-16)29-35(30,31)24-2/h12-13,15-18,24,29H,4-11,14H2,1-3H3,(H,26,27,28)/t15-,16?,17?/m0/s1. The summed E-state index contributed by atoms with van der Waals surface area (Å²) in [5.41, 5.74) is 1.86. The normalized spacial score (nSPS) is 22.7. The van der Waals surface area contributed by atoms with Gasteiger partial charge in [0.25, 0.3) is 10.2 Å². The molecule has 1 atom stereocenters. The molecule has 35 heavy (non-hydrogen) atoms. The van der Waals surface area contributed by atoms with E-state index in [9.17, 15) is 8.42 Å².